The molecule has 4 unspecified atom stereocenters. The fraction of sp³-hybridized carbons (Fsp3) is 0.786. The zero-order chi connectivity index (χ0) is 13.2. The third-order valence-electron chi connectivity index (χ3n) is 3.80. The molecule has 0 aromatic carbocycles. The molecule has 0 spiro atoms. The van der Waals surface area contributed by atoms with Gasteiger partial charge in [-0.25, -0.2) is 0 Å². The Morgan fingerprint density at radius 2 is 1.94 bits per heavy atom. The Balaban J connectivity index is 2.23. The van der Waals surface area contributed by atoms with Crippen LogP contribution in [-0.2, 0) is 19.0 Å². The summed E-state index contributed by atoms with van der Waals surface area (Å²) in [4.78, 5) is 12.3. The molecule has 0 aromatic heterocycles. The molecule has 0 radical (unpaired) electrons. The van der Waals surface area contributed by atoms with E-state index in [0.717, 1.165) is 6.42 Å². The molecule has 2 bridgehead atoms. The quantitative estimate of drug-likeness (QED) is 0.537. The second-order valence-corrected chi connectivity index (χ2v) is 4.78. The van der Waals surface area contributed by atoms with Crippen LogP contribution in [0.15, 0.2) is 12.2 Å². The Morgan fingerprint density at radius 3 is 2.56 bits per heavy atom. The molecule has 0 amide bonds. The first-order valence-electron chi connectivity index (χ1n) is 6.79. The molecule has 1 saturated carbocycles. The van der Waals surface area contributed by atoms with Crippen LogP contribution < -0.4 is 0 Å². The summed E-state index contributed by atoms with van der Waals surface area (Å²) >= 11 is 0. The van der Waals surface area contributed by atoms with Gasteiger partial charge in [-0.05, 0) is 27.2 Å². The van der Waals surface area contributed by atoms with Crippen LogP contribution in [0.1, 0.15) is 27.2 Å². The van der Waals surface area contributed by atoms with Crippen LogP contribution in [0.4, 0.5) is 0 Å². The summed E-state index contributed by atoms with van der Waals surface area (Å²) in [6.45, 7) is 7.35. The van der Waals surface area contributed by atoms with E-state index < -0.39 is 5.41 Å². The van der Waals surface area contributed by atoms with Gasteiger partial charge in [-0.2, -0.15) is 0 Å². The SMILES string of the molecule is CCOC(=O)C12C=CC(C1)C(OCC)C2OCC. The van der Waals surface area contributed by atoms with E-state index in [0.29, 0.717) is 19.8 Å². The zero-order valence-corrected chi connectivity index (χ0v) is 11.3. The number of ether oxygens (including phenoxy) is 3. The number of carbonyl (C=O) groups is 1. The van der Waals surface area contributed by atoms with Crippen molar-refractivity contribution in [1.29, 1.82) is 0 Å². The summed E-state index contributed by atoms with van der Waals surface area (Å²) in [5.41, 5.74) is -0.628. The van der Waals surface area contributed by atoms with E-state index in [9.17, 15) is 4.79 Å². The first kappa shape index (κ1) is 13.6. The number of carbonyl (C=O) groups excluding carboxylic acids is 1. The summed E-state index contributed by atoms with van der Waals surface area (Å²) < 4.78 is 16.8. The van der Waals surface area contributed by atoms with E-state index in [-0.39, 0.29) is 24.1 Å². The standard InChI is InChI=1S/C14H22O4/c1-4-16-11-10-7-8-14(9-10,12(11)17-5-2)13(15)18-6-3/h7-8,10-12H,4-6,9H2,1-3H3. The van der Waals surface area contributed by atoms with Crippen molar-refractivity contribution >= 4 is 5.97 Å². The van der Waals surface area contributed by atoms with Crippen LogP contribution in [0.25, 0.3) is 0 Å². The second kappa shape index (κ2) is 5.41. The molecule has 0 saturated heterocycles. The molecular weight excluding hydrogens is 232 g/mol. The number of fused-ring (bicyclic) bond motifs is 2. The smallest absolute Gasteiger partial charge is 0.318 e. The molecule has 102 valence electrons. The maximum atomic E-state index is 12.3. The number of hydrogen-bond acceptors (Lipinski definition) is 4. The molecule has 0 heterocycles. The first-order valence-corrected chi connectivity index (χ1v) is 6.79. The number of esters is 1. The van der Waals surface area contributed by atoms with Gasteiger partial charge < -0.3 is 14.2 Å². The van der Waals surface area contributed by atoms with Crippen LogP contribution >= 0.6 is 0 Å². The van der Waals surface area contributed by atoms with Crippen LogP contribution in [0.3, 0.4) is 0 Å². The van der Waals surface area contributed by atoms with E-state index in [2.05, 4.69) is 6.08 Å². The highest BCUT2D eigenvalue weighted by Crippen LogP contribution is 2.52. The predicted octanol–water partition coefficient (Wildman–Crippen LogP) is 1.94. The van der Waals surface area contributed by atoms with Gasteiger partial charge in [0.25, 0.3) is 0 Å². The van der Waals surface area contributed by atoms with Gasteiger partial charge in [-0.3, -0.25) is 4.79 Å². The van der Waals surface area contributed by atoms with Crippen LogP contribution in [0.2, 0.25) is 0 Å². The number of hydrogen-bond donors (Lipinski definition) is 0. The van der Waals surface area contributed by atoms with Crippen LogP contribution in [0, 0.1) is 11.3 Å². The van der Waals surface area contributed by atoms with Crippen molar-refractivity contribution in [2.24, 2.45) is 11.3 Å². The molecule has 18 heavy (non-hydrogen) atoms. The lowest BCUT2D eigenvalue weighted by atomic mass is 9.84. The van der Waals surface area contributed by atoms with Crippen molar-refractivity contribution in [3.63, 3.8) is 0 Å². The number of rotatable bonds is 6. The van der Waals surface area contributed by atoms with E-state index in [1.54, 1.807) is 0 Å². The molecular formula is C14H22O4. The third kappa shape index (κ3) is 1.97. The molecule has 0 aliphatic heterocycles. The van der Waals surface area contributed by atoms with Crippen molar-refractivity contribution in [2.75, 3.05) is 19.8 Å². The van der Waals surface area contributed by atoms with Crippen molar-refractivity contribution in [3.8, 4) is 0 Å². The predicted molar refractivity (Wildman–Crippen MR) is 67.1 cm³/mol. The molecule has 4 nitrogen and oxygen atoms in total. The van der Waals surface area contributed by atoms with Gasteiger partial charge in [-0.1, -0.05) is 12.2 Å². The first-order chi connectivity index (χ1) is 8.69. The van der Waals surface area contributed by atoms with Crippen LogP contribution in [-0.4, -0.2) is 38.0 Å². The Kier molecular flexibility index (Phi) is 4.07. The average molecular weight is 254 g/mol. The lowest BCUT2D eigenvalue weighted by Crippen LogP contribution is -2.46. The summed E-state index contributed by atoms with van der Waals surface area (Å²) in [5.74, 6) is 0.0929. The summed E-state index contributed by atoms with van der Waals surface area (Å²) in [5, 5.41) is 0. The summed E-state index contributed by atoms with van der Waals surface area (Å²) in [7, 11) is 0. The molecule has 2 rings (SSSR count). The van der Waals surface area contributed by atoms with Crippen LogP contribution in [0.5, 0.6) is 0 Å². The van der Waals surface area contributed by atoms with Gasteiger partial charge in [0.05, 0.1) is 12.7 Å². The lowest BCUT2D eigenvalue weighted by molar-refractivity contribution is -0.164. The maximum Gasteiger partial charge on any atom is 0.318 e. The molecule has 4 atom stereocenters. The molecule has 4 heteroatoms. The molecule has 1 fully saturated rings. The average Bonchev–Trinajstić information content (AvgIpc) is 2.90. The maximum absolute atomic E-state index is 12.3. The van der Waals surface area contributed by atoms with Gasteiger partial charge in [-0.15, -0.1) is 0 Å². The Bertz CT molecular complexity index is 339. The van der Waals surface area contributed by atoms with Gasteiger partial charge in [0, 0.05) is 19.1 Å². The normalized spacial score (nSPS) is 37.2. The zero-order valence-electron chi connectivity index (χ0n) is 11.3. The Labute approximate surface area is 108 Å². The van der Waals surface area contributed by atoms with Crippen molar-refractivity contribution in [1.82, 2.24) is 0 Å². The van der Waals surface area contributed by atoms with Gasteiger partial charge in [0.1, 0.15) is 11.5 Å². The van der Waals surface area contributed by atoms with Crippen molar-refractivity contribution in [3.05, 3.63) is 12.2 Å². The minimum Gasteiger partial charge on any atom is -0.465 e. The Morgan fingerprint density at radius 1 is 1.22 bits per heavy atom. The topological polar surface area (TPSA) is 44.8 Å². The van der Waals surface area contributed by atoms with E-state index in [1.165, 1.54) is 0 Å². The van der Waals surface area contributed by atoms with E-state index in [1.807, 2.05) is 26.8 Å². The lowest BCUT2D eigenvalue weighted by Gasteiger charge is -2.33. The minimum absolute atomic E-state index is 0.0237. The summed E-state index contributed by atoms with van der Waals surface area (Å²) in [6, 6.07) is 0. The second-order valence-electron chi connectivity index (χ2n) is 4.78. The fourth-order valence-electron chi connectivity index (χ4n) is 3.14. The van der Waals surface area contributed by atoms with Crippen molar-refractivity contribution in [2.45, 2.75) is 39.4 Å². The van der Waals surface area contributed by atoms with Crippen molar-refractivity contribution < 1.29 is 19.0 Å². The molecule has 2 aliphatic rings. The van der Waals surface area contributed by atoms with E-state index in [4.69, 9.17) is 14.2 Å². The molecule has 2 aliphatic carbocycles. The highest BCUT2D eigenvalue weighted by Gasteiger charge is 2.61. The van der Waals surface area contributed by atoms with Gasteiger partial charge in [0.2, 0.25) is 0 Å². The highest BCUT2D eigenvalue weighted by atomic mass is 16.6. The van der Waals surface area contributed by atoms with Gasteiger partial charge in [0.15, 0.2) is 0 Å². The minimum atomic E-state index is -0.628. The Hall–Kier alpha value is -0.870. The van der Waals surface area contributed by atoms with Gasteiger partial charge >= 0.3 is 5.97 Å². The summed E-state index contributed by atoms with van der Waals surface area (Å²) in [6.07, 6.45) is 4.56. The molecule has 0 N–H and O–H groups in total. The third-order valence-corrected chi connectivity index (χ3v) is 3.80. The largest absolute Gasteiger partial charge is 0.465 e. The highest BCUT2D eigenvalue weighted by molar-refractivity contribution is 5.82. The monoisotopic (exact) mass is 254 g/mol. The fourth-order valence-corrected chi connectivity index (χ4v) is 3.14. The molecule has 0 aromatic rings. The van der Waals surface area contributed by atoms with E-state index >= 15 is 0 Å².